The quantitative estimate of drug-likeness (QED) is 0.190. The molecule has 1 aromatic rings. The van der Waals surface area contributed by atoms with Crippen LogP contribution in [0.2, 0.25) is 0 Å². The molecule has 0 bridgehead atoms. The second-order valence-corrected chi connectivity index (χ2v) is 8.76. The number of hydrogen-bond donors (Lipinski definition) is 2. The zero-order valence-corrected chi connectivity index (χ0v) is 22.2. The van der Waals surface area contributed by atoms with E-state index in [4.69, 9.17) is 34.2 Å². The minimum atomic E-state index is -0.146. The van der Waals surface area contributed by atoms with Gasteiger partial charge < -0.3 is 39.3 Å². The average Bonchev–Trinajstić information content (AvgIpc) is 2.88. The minimum Gasteiger partial charge on any atom is -0.392 e. The lowest BCUT2D eigenvalue weighted by molar-refractivity contribution is -0.122. The highest BCUT2D eigenvalue weighted by molar-refractivity contribution is 5.85. The Bertz CT molecular complexity index is 641. The van der Waals surface area contributed by atoms with Gasteiger partial charge >= 0.3 is 0 Å². The molecule has 208 valence electrons. The third-order valence-electron chi connectivity index (χ3n) is 5.28. The highest BCUT2D eigenvalue weighted by Gasteiger charge is 2.21. The summed E-state index contributed by atoms with van der Waals surface area (Å²) >= 11 is 0. The number of nitrogens with two attached hydrogens (primary N) is 1. The molecule has 0 heterocycles. The lowest BCUT2D eigenvalue weighted by Gasteiger charge is -2.19. The molecular formula is C27H47NO8. The van der Waals surface area contributed by atoms with Gasteiger partial charge in [-0.2, -0.15) is 0 Å². The van der Waals surface area contributed by atoms with Gasteiger partial charge in [-0.1, -0.05) is 38.1 Å². The Morgan fingerprint density at radius 2 is 1.14 bits per heavy atom. The van der Waals surface area contributed by atoms with Crippen LogP contribution in [0.25, 0.3) is 0 Å². The topological polar surface area (TPSA) is 119 Å². The SMILES string of the molecule is CC(C)CC(C(=O)CCOCCOCCOCCOCCOCCOCCN)c1ccc(CO)cc1. The Hall–Kier alpha value is -1.43. The minimum absolute atomic E-state index is 0.00290. The fourth-order valence-electron chi connectivity index (χ4n) is 3.41. The van der Waals surface area contributed by atoms with Crippen molar-refractivity contribution < 1.29 is 38.3 Å². The first-order chi connectivity index (χ1) is 17.6. The summed E-state index contributed by atoms with van der Waals surface area (Å²) < 4.78 is 32.5. The molecule has 0 aliphatic heterocycles. The number of ether oxygens (including phenoxy) is 6. The first kappa shape index (κ1) is 32.6. The molecule has 0 aliphatic carbocycles. The van der Waals surface area contributed by atoms with Gasteiger partial charge in [-0.3, -0.25) is 4.79 Å². The molecule has 0 spiro atoms. The van der Waals surface area contributed by atoms with E-state index >= 15 is 0 Å². The molecule has 9 heteroatoms. The van der Waals surface area contributed by atoms with E-state index in [9.17, 15) is 9.90 Å². The number of hydrogen-bond acceptors (Lipinski definition) is 9. The summed E-state index contributed by atoms with van der Waals surface area (Å²) in [5.41, 5.74) is 7.17. The molecule has 0 fully saturated rings. The van der Waals surface area contributed by atoms with Gasteiger partial charge in [0.2, 0.25) is 0 Å². The number of carbonyl (C=O) groups is 1. The van der Waals surface area contributed by atoms with Crippen LogP contribution in [0.15, 0.2) is 24.3 Å². The van der Waals surface area contributed by atoms with E-state index in [0.717, 1.165) is 17.5 Å². The molecule has 1 unspecified atom stereocenters. The van der Waals surface area contributed by atoms with Crippen molar-refractivity contribution in [2.24, 2.45) is 11.7 Å². The van der Waals surface area contributed by atoms with Crippen molar-refractivity contribution in [2.45, 2.75) is 39.2 Å². The number of aliphatic hydroxyl groups excluding tert-OH is 1. The first-order valence-electron chi connectivity index (χ1n) is 13.0. The summed E-state index contributed by atoms with van der Waals surface area (Å²) in [4.78, 5) is 12.8. The summed E-state index contributed by atoms with van der Waals surface area (Å²) in [6, 6.07) is 7.63. The third-order valence-corrected chi connectivity index (χ3v) is 5.28. The molecule has 36 heavy (non-hydrogen) atoms. The summed E-state index contributed by atoms with van der Waals surface area (Å²) in [5, 5.41) is 9.23. The summed E-state index contributed by atoms with van der Waals surface area (Å²) in [7, 11) is 0. The van der Waals surface area contributed by atoms with Gasteiger partial charge in [0.1, 0.15) is 5.78 Å². The molecule has 1 atom stereocenters. The number of carbonyl (C=O) groups excluding carboxylic acids is 1. The van der Waals surface area contributed by atoms with E-state index in [1.807, 2.05) is 24.3 Å². The van der Waals surface area contributed by atoms with Crippen molar-refractivity contribution in [2.75, 3.05) is 85.8 Å². The Morgan fingerprint density at radius 3 is 1.53 bits per heavy atom. The van der Waals surface area contributed by atoms with Crippen LogP contribution in [0.1, 0.15) is 43.7 Å². The summed E-state index contributed by atoms with van der Waals surface area (Å²) in [6.07, 6.45) is 1.17. The Morgan fingerprint density at radius 1 is 0.722 bits per heavy atom. The Labute approximate surface area is 216 Å². The van der Waals surface area contributed by atoms with E-state index in [1.54, 1.807) is 0 Å². The highest BCUT2D eigenvalue weighted by atomic mass is 16.6. The number of rotatable bonds is 25. The van der Waals surface area contributed by atoms with Gasteiger partial charge in [0.05, 0.1) is 85.9 Å². The van der Waals surface area contributed by atoms with Crippen LogP contribution in [-0.4, -0.2) is 96.7 Å². The van der Waals surface area contributed by atoms with E-state index in [1.165, 1.54) is 0 Å². The lowest BCUT2D eigenvalue weighted by Crippen LogP contribution is -2.18. The van der Waals surface area contributed by atoms with Crippen LogP contribution in [0.3, 0.4) is 0 Å². The van der Waals surface area contributed by atoms with Crippen molar-refractivity contribution in [3.8, 4) is 0 Å². The molecule has 3 N–H and O–H groups in total. The van der Waals surface area contributed by atoms with Crippen LogP contribution in [0, 0.1) is 5.92 Å². The van der Waals surface area contributed by atoms with Crippen molar-refractivity contribution in [1.82, 2.24) is 0 Å². The molecule has 0 saturated heterocycles. The number of Topliss-reactive ketones (excluding diaryl/α,β-unsaturated/α-hetero) is 1. The van der Waals surface area contributed by atoms with Crippen LogP contribution < -0.4 is 5.73 Å². The van der Waals surface area contributed by atoms with Crippen LogP contribution >= 0.6 is 0 Å². The number of benzene rings is 1. The van der Waals surface area contributed by atoms with Crippen molar-refractivity contribution >= 4 is 5.78 Å². The van der Waals surface area contributed by atoms with Crippen molar-refractivity contribution in [3.63, 3.8) is 0 Å². The number of ketones is 1. The lowest BCUT2D eigenvalue weighted by atomic mass is 9.85. The number of aliphatic hydroxyl groups is 1. The Balaban J connectivity index is 1.98. The van der Waals surface area contributed by atoms with Crippen molar-refractivity contribution in [1.29, 1.82) is 0 Å². The molecule has 0 radical (unpaired) electrons. The predicted octanol–water partition coefficient (Wildman–Crippen LogP) is 2.33. The molecule has 1 aromatic carbocycles. The van der Waals surface area contributed by atoms with E-state index < -0.39 is 0 Å². The molecule has 0 saturated carbocycles. The van der Waals surface area contributed by atoms with Gasteiger partial charge in [-0.25, -0.2) is 0 Å². The smallest absolute Gasteiger partial charge is 0.142 e. The molecule has 1 rings (SSSR count). The second kappa shape index (κ2) is 22.7. The fraction of sp³-hybridized carbons (Fsp3) is 0.741. The van der Waals surface area contributed by atoms with E-state index in [0.29, 0.717) is 98.2 Å². The molecule has 0 aromatic heterocycles. The second-order valence-electron chi connectivity index (χ2n) is 8.76. The van der Waals surface area contributed by atoms with Gasteiger partial charge in [0.15, 0.2) is 0 Å². The largest absolute Gasteiger partial charge is 0.392 e. The zero-order valence-electron chi connectivity index (χ0n) is 22.2. The molecule has 9 nitrogen and oxygen atoms in total. The maximum absolute atomic E-state index is 12.8. The van der Waals surface area contributed by atoms with E-state index in [-0.39, 0.29) is 18.3 Å². The summed E-state index contributed by atoms with van der Waals surface area (Å²) in [6.45, 7) is 10.7. The van der Waals surface area contributed by atoms with Crippen LogP contribution in [-0.2, 0) is 39.8 Å². The maximum atomic E-state index is 12.8. The van der Waals surface area contributed by atoms with Gasteiger partial charge in [-0.05, 0) is 23.5 Å². The standard InChI is InChI=1S/C27H47NO8/c1-23(2)21-26(25-5-3-24(22-29)4-6-25)27(30)7-9-31-11-13-33-15-17-35-19-20-36-18-16-34-14-12-32-10-8-28/h3-6,23,26,29H,7-22,28H2,1-2H3. The molecule has 0 amide bonds. The highest BCUT2D eigenvalue weighted by Crippen LogP contribution is 2.26. The monoisotopic (exact) mass is 513 g/mol. The third kappa shape index (κ3) is 17.1. The summed E-state index contributed by atoms with van der Waals surface area (Å²) in [5.74, 6) is 0.443. The van der Waals surface area contributed by atoms with Gasteiger partial charge in [0.25, 0.3) is 0 Å². The first-order valence-corrected chi connectivity index (χ1v) is 13.0. The normalized spacial score (nSPS) is 12.4. The van der Waals surface area contributed by atoms with Crippen molar-refractivity contribution in [3.05, 3.63) is 35.4 Å². The molecule has 0 aliphatic rings. The van der Waals surface area contributed by atoms with E-state index in [2.05, 4.69) is 13.8 Å². The fourth-order valence-corrected chi connectivity index (χ4v) is 3.41. The Kier molecular flexibility index (Phi) is 20.6. The zero-order chi connectivity index (χ0) is 26.3. The molecular weight excluding hydrogens is 466 g/mol. The average molecular weight is 514 g/mol. The van der Waals surface area contributed by atoms with Gasteiger partial charge in [0, 0.05) is 18.9 Å². The van der Waals surface area contributed by atoms with Crippen LogP contribution in [0.4, 0.5) is 0 Å². The maximum Gasteiger partial charge on any atom is 0.142 e. The van der Waals surface area contributed by atoms with Crippen LogP contribution in [0.5, 0.6) is 0 Å². The van der Waals surface area contributed by atoms with Gasteiger partial charge in [-0.15, -0.1) is 0 Å². The predicted molar refractivity (Wildman–Crippen MR) is 138 cm³/mol.